The van der Waals surface area contributed by atoms with Crippen molar-refractivity contribution in [1.82, 2.24) is 10.6 Å². The van der Waals surface area contributed by atoms with Gasteiger partial charge in [-0.3, -0.25) is 0 Å². The lowest BCUT2D eigenvalue weighted by molar-refractivity contribution is 0.218. The van der Waals surface area contributed by atoms with Gasteiger partial charge in [0.25, 0.3) is 0 Å². The first-order valence-corrected chi connectivity index (χ1v) is 6.32. The predicted octanol–water partition coefficient (Wildman–Crippen LogP) is 1.89. The number of urea groups is 1. The Morgan fingerprint density at radius 3 is 2.50 bits per heavy atom. The lowest BCUT2D eigenvalue weighted by Crippen LogP contribution is -2.44. The Bertz CT molecular complexity index is 352. The Balaban J connectivity index is 2.36. The van der Waals surface area contributed by atoms with E-state index in [0.29, 0.717) is 18.9 Å². The van der Waals surface area contributed by atoms with E-state index in [1.54, 1.807) is 0 Å². The van der Waals surface area contributed by atoms with Gasteiger partial charge in [-0.25, -0.2) is 4.79 Å². The van der Waals surface area contributed by atoms with Gasteiger partial charge in [0.2, 0.25) is 0 Å². The summed E-state index contributed by atoms with van der Waals surface area (Å²) < 4.78 is 0. The third-order valence-corrected chi connectivity index (χ3v) is 2.86. The van der Waals surface area contributed by atoms with Gasteiger partial charge in [0.1, 0.15) is 0 Å². The normalized spacial score (nSPS) is 12.2. The topological polar surface area (TPSA) is 61.4 Å². The van der Waals surface area contributed by atoms with Crippen molar-refractivity contribution in [3.05, 3.63) is 35.9 Å². The van der Waals surface area contributed by atoms with Crippen molar-refractivity contribution in [2.24, 2.45) is 5.92 Å². The van der Waals surface area contributed by atoms with Crippen LogP contribution in [0.1, 0.15) is 25.8 Å². The van der Waals surface area contributed by atoms with Gasteiger partial charge in [-0.1, -0.05) is 44.2 Å². The molecule has 0 saturated heterocycles. The fraction of sp³-hybridized carbons (Fsp3) is 0.500. The van der Waals surface area contributed by atoms with Gasteiger partial charge < -0.3 is 15.7 Å². The van der Waals surface area contributed by atoms with Crippen LogP contribution in [0.5, 0.6) is 0 Å². The Hall–Kier alpha value is -1.55. The Labute approximate surface area is 108 Å². The molecule has 3 N–H and O–H groups in total. The summed E-state index contributed by atoms with van der Waals surface area (Å²) in [5, 5.41) is 14.6. The summed E-state index contributed by atoms with van der Waals surface area (Å²) in [5.74, 6) is 0.305. The Morgan fingerprint density at radius 2 is 1.94 bits per heavy atom. The van der Waals surface area contributed by atoms with Crippen LogP contribution in [0.25, 0.3) is 0 Å². The van der Waals surface area contributed by atoms with Crippen LogP contribution < -0.4 is 10.6 Å². The van der Waals surface area contributed by atoms with E-state index in [4.69, 9.17) is 5.11 Å². The molecule has 1 aromatic rings. The summed E-state index contributed by atoms with van der Waals surface area (Å²) in [6, 6.07) is 9.58. The molecule has 1 unspecified atom stereocenters. The molecule has 0 aromatic heterocycles. The third kappa shape index (κ3) is 5.19. The van der Waals surface area contributed by atoms with Crippen molar-refractivity contribution in [1.29, 1.82) is 0 Å². The number of aliphatic hydroxyl groups is 1. The Morgan fingerprint density at radius 1 is 1.28 bits per heavy atom. The standard InChI is InChI=1S/C14H22N2O2/c1-11(2)13(8-9-17)16-14(18)15-10-12-6-4-3-5-7-12/h3-7,11,13,17H,8-10H2,1-2H3,(H2,15,16,18). The van der Waals surface area contributed by atoms with E-state index >= 15 is 0 Å². The molecule has 4 nitrogen and oxygen atoms in total. The number of benzene rings is 1. The number of rotatable bonds is 6. The average molecular weight is 250 g/mol. The van der Waals surface area contributed by atoms with Crippen molar-refractivity contribution in [3.63, 3.8) is 0 Å². The summed E-state index contributed by atoms with van der Waals surface area (Å²) in [7, 11) is 0. The van der Waals surface area contributed by atoms with E-state index in [0.717, 1.165) is 5.56 Å². The molecule has 0 aliphatic carbocycles. The molecular weight excluding hydrogens is 228 g/mol. The smallest absolute Gasteiger partial charge is 0.315 e. The molecule has 1 rings (SSSR count). The maximum absolute atomic E-state index is 11.7. The second-order valence-corrected chi connectivity index (χ2v) is 4.68. The van der Waals surface area contributed by atoms with Gasteiger partial charge in [0, 0.05) is 19.2 Å². The monoisotopic (exact) mass is 250 g/mol. The van der Waals surface area contributed by atoms with E-state index in [-0.39, 0.29) is 18.7 Å². The number of aliphatic hydroxyl groups excluding tert-OH is 1. The predicted molar refractivity (Wildman–Crippen MR) is 72.1 cm³/mol. The van der Waals surface area contributed by atoms with Gasteiger partial charge in [-0.15, -0.1) is 0 Å². The van der Waals surface area contributed by atoms with Crippen molar-refractivity contribution >= 4 is 6.03 Å². The quantitative estimate of drug-likeness (QED) is 0.722. The van der Waals surface area contributed by atoms with Crippen LogP contribution in [0, 0.1) is 5.92 Å². The van der Waals surface area contributed by atoms with Gasteiger partial charge >= 0.3 is 6.03 Å². The number of carbonyl (C=O) groups excluding carboxylic acids is 1. The lowest BCUT2D eigenvalue weighted by atomic mass is 10.0. The van der Waals surface area contributed by atoms with Crippen LogP contribution in [0.4, 0.5) is 4.79 Å². The number of hydrogen-bond acceptors (Lipinski definition) is 2. The van der Waals surface area contributed by atoms with Crippen LogP contribution >= 0.6 is 0 Å². The zero-order valence-electron chi connectivity index (χ0n) is 11.0. The first-order chi connectivity index (χ1) is 8.63. The zero-order valence-corrected chi connectivity index (χ0v) is 11.0. The highest BCUT2D eigenvalue weighted by Crippen LogP contribution is 2.05. The molecule has 1 aromatic carbocycles. The van der Waals surface area contributed by atoms with Gasteiger partial charge in [-0.2, -0.15) is 0 Å². The van der Waals surface area contributed by atoms with Crippen molar-refractivity contribution in [2.45, 2.75) is 32.9 Å². The first-order valence-electron chi connectivity index (χ1n) is 6.32. The van der Waals surface area contributed by atoms with Crippen LogP contribution in [-0.2, 0) is 6.54 Å². The minimum atomic E-state index is -0.189. The van der Waals surface area contributed by atoms with Crippen LogP contribution in [0.2, 0.25) is 0 Å². The van der Waals surface area contributed by atoms with E-state index in [1.807, 2.05) is 44.2 Å². The maximum atomic E-state index is 11.7. The molecule has 0 aliphatic rings. The van der Waals surface area contributed by atoms with Crippen molar-refractivity contribution < 1.29 is 9.90 Å². The summed E-state index contributed by atoms with van der Waals surface area (Å²) in [4.78, 5) is 11.7. The molecular formula is C14H22N2O2. The molecule has 18 heavy (non-hydrogen) atoms. The zero-order chi connectivity index (χ0) is 13.4. The molecule has 4 heteroatoms. The molecule has 2 amide bonds. The second-order valence-electron chi connectivity index (χ2n) is 4.68. The minimum Gasteiger partial charge on any atom is -0.396 e. The number of nitrogens with one attached hydrogen (secondary N) is 2. The highest BCUT2D eigenvalue weighted by atomic mass is 16.3. The Kier molecular flexibility index (Phi) is 6.22. The van der Waals surface area contributed by atoms with E-state index < -0.39 is 0 Å². The van der Waals surface area contributed by atoms with E-state index in [1.165, 1.54) is 0 Å². The molecule has 0 aliphatic heterocycles. The highest BCUT2D eigenvalue weighted by molar-refractivity contribution is 5.74. The average Bonchev–Trinajstić information content (AvgIpc) is 2.37. The molecule has 0 bridgehead atoms. The summed E-state index contributed by atoms with van der Waals surface area (Å²) in [6.07, 6.45) is 0.580. The highest BCUT2D eigenvalue weighted by Gasteiger charge is 2.14. The fourth-order valence-corrected chi connectivity index (χ4v) is 1.71. The largest absolute Gasteiger partial charge is 0.396 e. The van der Waals surface area contributed by atoms with Crippen molar-refractivity contribution in [3.8, 4) is 0 Å². The SMILES string of the molecule is CC(C)C(CCO)NC(=O)NCc1ccccc1. The van der Waals surface area contributed by atoms with Gasteiger partial charge in [-0.05, 0) is 17.9 Å². The summed E-state index contributed by atoms with van der Waals surface area (Å²) >= 11 is 0. The molecule has 0 spiro atoms. The molecule has 0 saturated carbocycles. The van der Waals surface area contributed by atoms with Gasteiger partial charge in [0.15, 0.2) is 0 Å². The number of carbonyl (C=O) groups is 1. The van der Waals surface area contributed by atoms with E-state index in [2.05, 4.69) is 10.6 Å². The minimum absolute atomic E-state index is 0.00535. The molecule has 0 radical (unpaired) electrons. The fourth-order valence-electron chi connectivity index (χ4n) is 1.71. The van der Waals surface area contributed by atoms with Crippen LogP contribution in [0.3, 0.4) is 0 Å². The van der Waals surface area contributed by atoms with Gasteiger partial charge in [0.05, 0.1) is 0 Å². The van der Waals surface area contributed by atoms with Crippen molar-refractivity contribution in [2.75, 3.05) is 6.61 Å². The summed E-state index contributed by atoms with van der Waals surface area (Å²) in [6.45, 7) is 4.65. The molecule has 100 valence electrons. The molecule has 1 atom stereocenters. The third-order valence-electron chi connectivity index (χ3n) is 2.86. The second kappa shape index (κ2) is 7.71. The van der Waals surface area contributed by atoms with E-state index in [9.17, 15) is 4.79 Å². The number of hydrogen-bond donors (Lipinski definition) is 3. The van der Waals surface area contributed by atoms with Crippen LogP contribution in [-0.4, -0.2) is 23.8 Å². The molecule has 0 fully saturated rings. The summed E-state index contributed by atoms with van der Waals surface area (Å²) in [5.41, 5.74) is 1.07. The number of amides is 2. The van der Waals surface area contributed by atoms with Crippen LogP contribution in [0.15, 0.2) is 30.3 Å². The maximum Gasteiger partial charge on any atom is 0.315 e. The first kappa shape index (κ1) is 14.5. The lowest BCUT2D eigenvalue weighted by Gasteiger charge is -2.21. The molecule has 0 heterocycles.